The van der Waals surface area contributed by atoms with Crippen molar-refractivity contribution >= 4 is 34.8 Å². The van der Waals surface area contributed by atoms with Crippen molar-refractivity contribution < 1.29 is 18.7 Å². The summed E-state index contributed by atoms with van der Waals surface area (Å²) in [5.41, 5.74) is 0.991. The molecule has 3 rings (SSSR count). The number of hydrogen-bond donors (Lipinski definition) is 0. The van der Waals surface area contributed by atoms with Crippen LogP contribution in [0.15, 0.2) is 23.2 Å². The van der Waals surface area contributed by atoms with Gasteiger partial charge >= 0.3 is 6.09 Å². The fourth-order valence-corrected chi connectivity index (χ4v) is 2.77. The molecule has 8 heteroatoms. The van der Waals surface area contributed by atoms with E-state index in [4.69, 9.17) is 9.47 Å². The molecule has 0 bridgehead atoms. The second-order valence-electron chi connectivity index (χ2n) is 5.28. The predicted molar refractivity (Wildman–Crippen MR) is 86.9 cm³/mol. The summed E-state index contributed by atoms with van der Waals surface area (Å²) in [6, 6.07) is 4.77. The summed E-state index contributed by atoms with van der Waals surface area (Å²) in [5, 5.41) is 2.24. The molecule has 0 spiro atoms. The molecule has 1 atom stereocenters. The summed E-state index contributed by atoms with van der Waals surface area (Å²) in [6.45, 7) is 3.05. The average Bonchev–Trinajstić information content (AvgIpc) is 2.94. The standard InChI is InChI=1S/C15H16FN3O3S/c16-13-7-11(1-2-14(13)18-3-5-21-6-4-18)19-9-12(8-17-10-23)22-15(19)20/h1-2,7,12H,3-6,8-9H2. The lowest BCUT2D eigenvalue weighted by Gasteiger charge is -2.29. The number of cyclic esters (lactones) is 1. The molecule has 122 valence electrons. The number of aliphatic imine (C=N–C) groups is 1. The number of anilines is 2. The summed E-state index contributed by atoms with van der Waals surface area (Å²) >= 11 is 4.50. The molecule has 2 aliphatic heterocycles. The second kappa shape index (κ2) is 7.04. The average molecular weight is 337 g/mol. The van der Waals surface area contributed by atoms with Gasteiger partial charge in [0.1, 0.15) is 11.9 Å². The molecule has 2 aliphatic rings. The zero-order chi connectivity index (χ0) is 16.2. The van der Waals surface area contributed by atoms with Crippen LogP contribution in [-0.4, -0.2) is 56.8 Å². The third-order valence-corrected chi connectivity index (χ3v) is 3.96. The molecule has 0 N–H and O–H groups in total. The number of carbonyl (C=O) groups is 1. The van der Waals surface area contributed by atoms with Gasteiger partial charge in [-0.2, -0.15) is 0 Å². The maximum Gasteiger partial charge on any atom is 0.414 e. The van der Waals surface area contributed by atoms with Crippen LogP contribution in [0.4, 0.5) is 20.6 Å². The first kappa shape index (κ1) is 15.9. The minimum Gasteiger partial charge on any atom is -0.442 e. The highest BCUT2D eigenvalue weighted by molar-refractivity contribution is 7.78. The number of benzene rings is 1. The van der Waals surface area contributed by atoms with Crippen molar-refractivity contribution in [1.29, 1.82) is 0 Å². The summed E-state index contributed by atoms with van der Waals surface area (Å²) in [4.78, 5) is 19.0. The van der Waals surface area contributed by atoms with E-state index in [9.17, 15) is 9.18 Å². The first-order valence-corrected chi connectivity index (χ1v) is 7.74. The van der Waals surface area contributed by atoms with Gasteiger partial charge in [0.05, 0.1) is 42.8 Å². The molecule has 6 nitrogen and oxygen atoms in total. The van der Waals surface area contributed by atoms with Gasteiger partial charge in [0.15, 0.2) is 0 Å². The molecular weight excluding hydrogens is 321 g/mol. The number of thiocarbonyl (C=S) groups is 1. The van der Waals surface area contributed by atoms with E-state index in [1.165, 1.54) is 11.0 Å². The highest BCUT2D eigenvalue weighted by atomic mass is 32.1. The van der Waals surface area contributed by atoms with Gasteiger partial charge in [-0.25, -0.2) is 14.2 Å². The first-order valence-electron chi connectivity index (χ1n) is 7.33. The maximum atomic E-state index is 14.4. The predicted octanol–water partition coefficient (Wildman–Crippen LogP) is 2.09. The lowest BCUT2D eigenvalue weighted by Crippen LogP contribution is -2.36. The van der Waals surface area contributed by atoms with Crippen LogP contribution in [0, 0.1) is 5.82 Å². The van der Waals surface area contributed by atoms with Gasteiger partial charge < -0.3 is 14.4 Å². The second-order valence-corrected chi connectivity index (χ2v) is 5.47. The van der Waals surface area contributed by atoms with Crippen molar-refractivity contribution in [3.8, 4) is 0 Å². The molecule has 0 saturated carbocycles. The number of morpholine rings is 1. The van der Waals surface area contributed by atoms with E-state index < -0.39 is 6.09 Å². The van der Waals surface area contributed by atoms with Crippen molar-refractivity contribution in [3.63, 3.8) is 0 Å². The maximum absolute atomic E-state index is 14.4. The number of carbonyl (C=O) groups excluding carboxylic acids is 1. The Morgan fingerprint density at radius 3 is 2.87 bits per heavy atom. The lowest BCUT2D eigenvalue weighted by molar-refractivity contribution is 0.122. The molecule has 0 radical (unpaired) electrons. The normalized spacial score (nSPS) is 21.1. The van der Waals surface area contributed by atoms with Crippen LogP contribution in [-0.2, 0) is 9.47 Å². The first-order chi connectivity index (χ1) is 11.2. The summed E-state index contributed by atoms with van der Waals surface area (Å²) in [7, 11) is 0. The van der Waals surface area contributed by atoms with E-state index in [1.54, 1.807) is 12.1 Å². The van der Waals surface area contributed by atoms with Gasteiger partial charge in [-0.15, -0.1) is 0 Å². The van der Waals surface area contributed by atoms with Crippen molar-refractivity contribution in [3.05, 3.63) is 24.0 Å². The number of hydrogen-bond acceptors (Lipinski definition) is 6. The topological polar surface area (TPSA) is 54.4 Å². The Morgan fingerprint density at radius 1 is 1.39 bits per heavy atom. The van der Waals surface area contributed by atoms with Crippen molar-refractivity contribution in [2.75, 3.05) is 49.2 Å². The third kappa shape index (κ3) is 3.50. The third-order valence-electron chi connectivity index (χ3n) is 3.83. The largest absolute Gasteiger partial charge is 0.442 e. The van der Waals surface area contributed by atoms with Crippen LogP contribution in [0.2, 0.25) is 0 Å². The highest BCUT2D eigenvalue weighted by Gasteiger charge is 2.32. The van der Waals surface area contributed by atoms with Crippen molar-refractivity contribution in [2.24, 2.45) is 4.99 Å². The highest BCUT2D eigenvalue weighted by Crippen LogP contribution is 2.28. The summed E-state index contributed by atoms with van der Waals surface area (Å²) in [5.74, 6) is -0.363. The Balaban J connectivity index is 1.74. The van der Waals surface area contributed by atoms with Gasteiger partial charge in [-0.3, -0.25) is 4.90 Å². The van der Waals surface area contributed by atoms with Crippen LogP contribution in [0.1, 0.15) is 0 Å². The van der Waals surface area contributed by atoms with Gasteiger partial charge in [0.25, 0.3) is 0 Å². The van der Waals surface area contributed by atoms with Gasteiger partial charge in [0, 0.05) is 13.1 Å². The Kier molecular flexibility index (Phi) is 4.85. The molecule has 2 saturated heterocycles. The van der Waals surface area contributed by atoms with E-state index >= 15 is 0 Å². The number of ether oxygens (including phenoxy) is 2. The van der Waals surface area contributed by atoms with Crippen LogP contribution in [0.3, 0.4) is 0 Å². The van der Waals surface area contributed by atoms with Crippen LogP contribution >= 0.6 is 12.2 Å². The number of isothiocyanates is 1. The lowest BCUT2D eigenvalue weighted by atomic mass is 10.2. The molecule has 23 heavy (non-hydrogen) atoms. The van der Waals surface area contributed by atoms with Gasteiger partial charge in [0.2, 0.25) is 0 Å². The summed E-state index contributed by atoms with van der Waals surface area (Å²) < 4.78 is 24.9. The molecular formula is C15H16FN3O3S. The fraction of sp³-hybridized carbons (Fsp3) is 0.467. The van der Waals surface area contributed by atoms with E-state index in [1.807, 2.05) is 4.90 Å². The Hall–Kier alpha value is -2.02. The molecule has 1 unspecified atom stereocenters. The Morgan fingerprint density at radius 2 is 2.17 bits per heavy atom. The number of nitrogens with zero attached hydrogens (tertiary/aromatic N) is 3. The number of amides is 1. The van der Waals surface area contributed by atoms with E-state index in [2.05, 4.69) is 22.4 Å². The molecule has 2 fully saturated rings. The Bertz CT molecular complexity index is 645. The zero-order valence-corrected chi connectivity index (χ0v) is 13.2. The smallest absolute Gasteiger partial charge is 0.414 e. The molecule has 1 amide bonds. The monoisotopic (exact) mass is 337 g/mol. The van der Waals surface area contributed by atoms with Gasteiger partial charge in [-0.05, 0) is 30.4 Å². The molecule has 0 aliphatic carbocycles. The number of halogens is 1. The SMILES string of the molecule is O=C1OC(CN=C=S)CN1c1ccc(N2CCOCC2)c(F)c1. The fourth-order valence-electron chi connectivity index (χ4n) is 2.69. The molecule has 2 heterocycles. The molecule has 1 aromatic rings. The number of rotatable bonds is 4. The zero-order valence-electron chi connectivity index (χ0n) is 12.4. The van der Waals surface area contributed by atoms with Crippen LogP contribution in [0.25, 0.3) is 0 Å². The summed E-state index contributed by atoms with van der Waals surface area (Å²) in [6.07, 6.45) is -0.895. The van der Waals surface area contributed by atoms with Crippen molar-refractivity contribution in [1.82, 2.24) is 0 Å². The van der Waals surface area contributed by atoms with Gasteiger partial charge in [-0.1, -0.05) is 0 Å². The Labute approximate surface area is 138 Å². The van der Waals surface area contributed by atoms with E-state index in [0.717, 1.165) is 0 Å². The van der Waals surface area contributed by atoms with E-state index in [0.29, 0.717) is 44.2 Å². The van der Waals surface area contributed by atoms with Crippen molar-refractivity contribution in [2.45, 2.75) is 6.10 Å². The van der Waals surface area contributed by atoms with Crippen LogP contribution in [0.5, 0.6) is 0 Å². The molecule has 0 aromatic heterocycles. The minimum absolute atomic E-state index is 0.264. The van der Waals surface area contributed by atoms with Crippen LogP contribution < -0.4 is 9.80 Å². The quantitative estimate of drug-likeness (QED) is 0.622. The molecule has 1 aromatic carbocycles. The van der Waals surface area contributed by atoms with E-state index in [-0.39, 0.29) is 18.5 Å². The minimum atomic E-state index is -0.506.